The third-order valence-electron chi connectivity index (χ3n) is 2.78. The normalized spacial score (nSPS) is 11.2. The number of aryl methyl sites for hydroxylation is 1. The van der Waals surface area contributed by atoms with Crippen molar-refractivity contribution < 1.29 is 17.7 Å². The molecule has 0 saturated heterocycles. The van der Waals surface area contributed by atoms with Gasteiger partial charge in [-0.2, -0.15) is 8.42 Å². The number of benzene rings is 2. The van der Waals surface area contributed by atoms with Gasteiger partial charge in [-0.15, -0.1) is 0 Å². The second kappa shape index (κ2) is 6.54. The molecule has 0 aliphatic heterocycles. The van der Waals surface area contributed by atoms with Gasteiger partial charge in [-0.3, -0.25) is 0 Å². The zero-order valence-electron chi connectivity index (χ0n) is 10.9. The smallest absolute Gasteiger partial charge is 0.339 e. The van der Waals surface area contributed by atoms with Crippen molar-refractivity contribution in [1.29, 1.82) is 0 Å². The van der Waals surface area contributed by atoms with Crippen LogP contribution in [0.1, 0.15) is 12.0 Å². The van der Waals surface area contributed by atoms with E-state index in [1.54, 1.807) is 42.5 Å². The Bertz CT molecular complexity index is 633. The topological polar surface area (TPSA) is 63.6 Å². The van der Waals surface area contributed by atoms with Crippen LogP contribution in [0, 0.1) is 0 Å². The number of aliphatic hydroxyl groups is 1. The van der Waals surface area contributed by atoms with E-state index in [0.29, 0.717) is 6.42 Å². The van der Waals surface area contributed by atoms with Crippen molar-refractivity contribution in [3.63, 3.8) is 0 Å². The largest absolute Gasteiger partial charge is 0.396 e. The first-order valence-corrected chi connectivity index (χ1v) is 7.72. The van der Waals surface area contributed by atoms with Crippen molar-refractivity contribution in [1.82, 2.24) is 0 Å². The zero-order chi connectivity index (χ0) is 14.4. The highest BCUT2D eigenvalue weighted by molar-refractivity contribution is 7.87. The van der Waals surface area contributed by atoms with Crippen LogP contribution in [-0.2, 0) is 16.5 Å². The lowest BCUT2D eigenvalue weighted by atomic mass is 10.1. The summed E-state index contributed by atoms with van der Waals surface area (Å²) in [5.74, 6) is 0.279. The molecule has 0 bridgehead atoms. The molecule has 0 heterocycles. The van der Waals surface area contributed by atoms with Crippen LogP contribution < -0.4 is 4.18 Å². The SMILES string of the molecule is O=S(=O)(Oc1ccc(CCCO)cc1)c1ccccc1. The van der Waals surface area contributed by atoms with Gasteiger partial charge in [-0.05, 0) is 42.7 Å². The van der Waals surface area contributed by atoms with E-state index in [0.717, 1.165) is 12.0 Å². The molecule has 4 nitrogen and oxygen atoms in total. The molecule has 0 aliphatic rings. The first-order valence-electron chi connectivity index (χ1n) is 6.31. The second-order valence-corrected chi connectivity index (χ2v) is 5.87. The highest BCUT2D eigenvalue weighted by atomic mass is 32.2. The predicted molar refractivity (Wildman–Crippen MR) is 76.1 cm³/mol. The molecule has 0 spiro atoms. The first-order chi connectivity index (χ1) is 9.62. The van der Waals surface area contributed by atoms with E-state index in [1.165, 1.54) is 12.1 Å². The van der Waals surface area contributed by atoms with Crippen LogP contribution in [0.25, 0.3) is 0 Å². The van der Waals surface area contributed by atoms with Crippen molar-refractivity contribution in [2.45, 2.75) is 17.7 Å². The zero-order valence-corrected chi connectivity index (χ0v) is 11.7. The van der Waals surface area contributed by atoms with Gasteiger partial charge in [0.05, 0.1) is 0 Å². The molecule has 1 N–H and O–H groups in total. The molecule has 5 heteroatoms. The maximum Gasteiger partial charge on any atom is 0.339 e. The summed E-state index contributed by atoms with van der Waals surface area (Å²) in [6.07, 6.45) is 1.44. The molecule has 2 rings (SSSR count). The summed E-state index contributed by atoms with van der Waals surface area (Å²) >= 11 is 0. The highest BCUT2D eigenvalue weighted by Gasteiger charge is 2.15. The maximum absolute atomic E-state index is 12.0. The van der Waals surface area contributed by atoms with Crippen molar-refractivity contribution in [3.8, 4) is 5.75 Å². The molecule has 0 saturated carbocycles. The molecule has 0 aliphatic carbocycles. The summed E-state index contributed by atoms with van der Waals surface area (Å²) in [6.45, 7) is 0.140. The fraction of sp³-hybridized carbons (Fsp3) is 0.200. The molecule has 0 unspecified atom stereocenters. The Morgan fingerprint density at radius 2 is 1.60 bits per heavy atom. The summed E-state index contributed by atoms with van der Waals surface area (Å²) < 4.78 is 29.1. The Labute approximate surface area is 118 Å². The number of rotatable bonds is 6. The number of aliphatic hydroxyl groups excluding tert-OH is 1. The van der Waals surface area contributed by atoms with Crippen molar-refractivity contribution in [3.05, 3.63) is 60.2 Å². The van der Waals surface area contributed by atoms with Gasteiger partial charge in [0.25, 0.3) is 0 Å². The summed E-state index contributed by atoms with van der Waals surface area (Å²) in [7, 11) is -3.78. The van der Waals surface area contributed by atoms with Crippen LogP contribution in [0.2, 0.25) is 0 Å². The minimum absolute atomic E-state index is 0.129. The average Bonchev–Trinajstić information content (AvgIpc) is 2.47. The molecule has 0 atom stereocenters. The van der Waals surface area contributed by atoms with Gasteiger partial charge in [-0.25, -0.2) is 0 Å². The van der Waals surface area contributed by atoms with Crippen LogP contribution in [0.5, 0.6) is 5.75 Å². The van der Waals surface area contributed by atoms with Gasteiger partial charge >= 0.3 is 10.1 Å². The lowest BCUT2D eigenvalue weighted by Crippen LogP contribution is -2.09. The number of hydrogen-bond acceptors (Lipinski definition) is 4. The van der Waals surface area contributed by atoms with Crippen LogP contribution >= 0.6 is 0 Å². The predicted octanol–water partition coefficient (Wildman–Crippen LogP) is 2.38. The minimum atomic E-state index is -3.78. The Hall–Kier alpha value is -1.85. The molecule has 0 aromatic heterocycles. The maximum atomic E-state index is 12.0. The standard InChI is InChI=1S/C15H16O4S/c16-12-4-5-13-8-10-14(11-9-13)19-20(17,18)15-6-2-1-3-7-15/h1-3,6-11,16H,4-5,12H2. The first kappa shape index (κ1) is 14.6. The molecule has 0 amide bonds. The highest BCUT2D eigenvalue weighted by Crippen LogP contribution is 2.19. The van der Waals surface area contributed by atoms with E-state index in [9.17, 15) is 8.42 Å². The summed E-state index contributed by atoms with van der Waals surface area (Å²) in [5.41, 5.74) is 1.03. The lowest BCUT2D eigenvalue weighted by Gasteiger charge is -2.07. The molecule has 0 fully saturated rings. The van der Waals surface area contributed by atoms with Crippen molar-refractivity contribution >= 4 is 10.1 Å². The molecular formula is C15H16O4S. The van der Waals surface area contributed by atoms with E-state index in [1.807, 2.05) is 0 Å². The average molecular weight is 292 g/mol. The van der Waals surface area contributed by atoms with Gasteiger partial charge in [-0.1, -0.05) is 30.3 Å². The van der Waals surface area contributed by atoms with E-state index in [-0.39, 0.29) is 17.3 Å². The van der Waals surface area contributed by atoms with Gasteiger partial charge < -0.3 is 9.29 Å². The van der Waals surface area contributed by atoms with Crippen molar-refractivity contribution in [2.24, 2.45) is 0 Å². The quantitative estimate of drug-likeness (QED) is 0.830. The molecule has 2 aromatic carbocycles. The Morgan fingerprint density at radius 3 is 2.20 bits per heavy atom. The van der Waals surface area contributed by atoms with Gasteiger partial charge in [0, 0.05) is 6.61 Å². The van der Waals surface area contributed by atoms with Crippen LogP contribution in [-0.4, -0.2) is 20.1 Å². The fourth-order valence-corrected chi connectivity index (χ4v) is 2.71. The Balaban J connectivity index is 2.10. The summed E-state index contributed by atoms with van der Waals surface area (Å²) in [5, 5.41) is 8.76. The van der Waals surface area contributed by atoms with E-state index in [2.05, 4.69) is 0 Å². The Kier molecular flexibility index (Phi) is 4.76. The van der Waals surface area contributed by atoms with Crippen LogP contribution in [0.4, 0.5) is 0 Å². The third kappa shape index (κ3) is 3.82. The molecule has 106 valence electrons. The molecular weight excluding hydrogens is 276 g/mol. The molecule has 2 aromatic rings. The van der Waals surface area contributed by atoms with Gasteiger partial charge in [0.1, 0.15) is 10.6 Å². The van der Waals surface area contributed by atoms with Gasteiger partial charge in [0.15, 0.2) is 0 Å². The van der Waals surface area contributed by atoms with Crippen LogP contribution in [0.3, 0.4) is 0 Å². The number of hydrogen-bond donors (Lipinski definition) is 1. The molecule has 20 heavy (non-hydrogen) atoms. The third-order valence-corrected chi connectivity index (χ3v) is 4.05. The Morgan fingerprint density at radius 1 is 0.950 bits per heavy atom. The van der Waals surface area contributed by atoms with E-state index < -0.39 is 10.1 Å². The lowest BCUT2D eigenvalue weighted by molar-refractivity contribution is 0.288. The monoisotopic (exact) mass is 292 g/mol. The summed E-state index contributed by atoms with van der Waals surface area (Å²) in [6, 6.07) is 14.9. The van der Waals surface area contributed by atoms with E-state index in [4.69, 9.17) is 9.29 Å². The second-order valence-electron chi connectivity index (χ2n) is 4.32. The van der Waals surface area contributed by atoms with E-state index >= 15 is 0 Å². The van der Waals surface area contributed by atoms with Crippen molar-refractivity contribution in [2.75, 3.05) is 6.61 Å². The minimum Gasteiger partial charge on any atom is -0.396 e. The fourth-order valence-electron chi connectivity index (χ4n) is 1.76. The molecule has 0 radical (unpaired) electrons. The summed E-state index contributed by atoms with van der Waals surface area (Å²) in [4.78, 5) is 0.129. The van der Waals surface area contributed by atoms with Gasteiger partial charge in [0.2, 0.25) is 0 Å². The van der Waals surface area contributed by atoms with Crippen LogP contribution in [0.15, 0.2) is 59.5 Å².